The number of aryl methyl sites for hydroxylation is 2. The Labute approximate surface area is 133 Å². The molecule has 23 heavy (non-hydrogen) atoms. The van der Waals surface area contributed by atoms with Gasteiger partial charge in [0.25, 0.3) is 11.8 Å². The number of benzene rings is 2. The molecule has 0 unspecified atom stereocenters. The normalized spacial score (nSPS) is 16.1. The minimum absolute atomic E-state index is 0.00789. The minimum atomic E-state index is -0.489. The van der Waals surface area contributed by atoms with Gasteiger partial charge in [-0.05, 0) is 44.2 Å². The molecule has 0 atom stereocenters. The van der Waals surface area contributed by atoms with Crippen LogP contribution in [0.1, 0.15) is 16.7 Å². The van der Waals surface area contributed by atoms with Crippen LogP contribution in [0.4, 0.5) is 5.69 Å². The van der Waals surface area contributed by atoms with Gasteiger partial charge in [0.1, 0.15) is 11.3 Å². The molecule has 1 heterocycles. The molecular formula is C18H16N2O3. The van der Waals surface area contributed by atoms with E-state index in [1.54, 1.807) is 24.3 Å². The lowest BCUT2D eigenvalue weighted by molar-refractivity contribution is -0.117. The van der Waals surface area contributed by atoms with E-state index in [4.69, 9.17) is 0 Å². The number of phenols is 1. The predicted octanol–water partition coefficient (Wildman–Crippen LogP) is 2.47. The largest absolute Gasteiger partial charge is 0.507 e. The Hall–Kier alpha value is -3.08. The van der Waals surface area contributed by atoms with Gasteiger partial charge >= 0.3 is 0 Å². The monoisotopic (exact) mass is 308 g/mol. The summed E-state index contributed by atoms with van der Waals surface area (Å²) in [6.07, 6.45) is 1.41. The Bertz CT molecular complexity index is 823. The molecule has 0 saturated carbocycles. The maximum Gasteiger partial charge on any atom is 0.282 e. The fourth-order valence-electron chi connectivity index (χ4n) is 2.38. The molecule has 2 aromatic rings. The molecular weight excluding hydrogens is 292 g/mol. The summed E-state index contributed by atoms with van der Waals surface area (Å²) in [5, 5.41) is 11.1. The van der Waals surface area contributed by atoms with Gasteiger partial charge in [-0.25, -0.2) is 5.01 Å². The Kier molecular flexibility index (Phi) is 3.62. The Morgan fingerprint density at radius 2 is 1.65 bits per heavy atom. The molecule has 2 N–H and O–H groups in total. The van der Waals surface area contributed by atoms with Gasteiger partial charge in [0.05, 0.1) is 5.69 Å². The van der Waals surface area contributed by atoms with Gasteiger partial charge in [-0.3, -0.25) is 15.0 Å². The smallest absolute Gasteiger partial charge is 0.282 e. The van der Waals surface area contributed by atoms with Crippen molar-refractivity contribution >= 4 is 23.6 Å². The lowest BCUT2D eigenvalue weighted by atomic mass is 10.1. The van der Waals surface area contributed by atoms with E-state index in [0.29, 0.717) is 11.3 Å². The molecule has 2 amide bonds. The first kappa shape index (κ1) is 14.8. The summed E-state index contributed by atoms with van der Waals surface area (Å²) in [7, 11) is 0. The van der Waals surface area contributed by atoms with Gasteiger partial charge in [0.2, 0.25) is 0 Å². The summed E-state index contributed by atoms with van der Waals surface area (Å²) < 4.78 is 0. The van der Waals surface area contributed by atoms with E-state index in [1.807, 2.05) is 26.0 Å². The molecule has 5 heteroatoms. The number of carbonyl (C=O) groups excluding carboxylic acids is 2. The van der Waals surface area contributed by atoms with Crippen molar-refractivity contribution in [1.29, 1.82) is 0 Å². The molecule has 1 aliphatic heterocycles. The first-order chi connectivity index (χ1) is 11.0. The number of aromatic hydroxyl groups is 1. The van der Waals surface area contributed by atoms with Gasteiger partial charge < -0.3 is 5.11 Å². The summed E-state index contributed by atoms with van der Waals surface area (Å²) in [6.45, 7) is 3.82. The van der Waals surface area contributed by atoms with Crippen molar-refractivity contribution < 1.29 is 14.7 Å². The van der Waals surface area contributed by atoms with E-state index in [9.17, 15) is 14.7 Å². The van der Waals surface area contributed by atoms with Crippen molar-refractivity contribution in [2.24, 2.45) is 0 Å². The number of phenolic OH excluding ortho intramolecular Hbond substituents is 1. The fraction of sp³-hybridized carbons (Fsp3) is 0.111. The van der Waals surface area contributed by atoms with Crippen molar-refractivity contribution in [2.75, 3.05) is 5.01 Å². The van der Waals surface area contributed by atoms with Crippen LogP contribution < -0.4 is 10.4 Å². The van der Waals surface area contributed by atoms with Crippen LogP contribution in [0.2, 0.25) is 0 Å². The third kappa shape index (κ3) is 2.81. The lowest BCUT2D eigenvalue weighted by Gasteiger charge is -2.14. The van der Waals surface area contributed by atoms with Crippen molar-refractivity contribution in [1.82, 2.24) is 5.43 Å². The Balaban J connectivity index is 1.97. The SMILES string of the molecule is Cc1ccc(N2NC(=O)C(=Cc3cc(C)ccc3O)C2=O)cc1. The van der Waals surface area contributed by atoms with E-state index in [0.717, 1.165) is 11.1 Å². The van der Waals surface area contributed by atoms with E-state index in [1.165, 1.54) is 17.2 Å². The highest BCUT2D eigenvalue weighted by atomic mass is 16.3. The van der Waals surface area contributed by atoms with E-state index < -0.39 is 11.8 Å². The number of anilines is 1. The number of rotatable bonds is 2. The zero-order chi connectivity index (χ0) is 16.6. The highest BCUT2D eigenvalue weighted by molar-refractivity contribution is 6.31. The standard InChI is InChI=1S/C18H16N2O3/c1-11-3-6-14(7-4-11)20-18(23)15(17(22)19-20)10-13-9-12(2)5-8-16(13)21/h3-10,21H,1-2H3,(H,19,22). The quantitative estimate of drug-likeness (QED) is 0.661. The average molecular weight is 308 g/mol. The van der Waals surface area contributed by atoms with Crippen LogP contribution in [0.25, 0.3) is 6.08 Å². The molecule has 1 aliphatic rings. The highest BCUT2D eigenvalue weighted by Crippen LogP contribution is 2.25. The van der Waals surface area contributed by atoms with Crippen LogP contribution >= 0.6 is 0 Å². The molecule has 0 spiro atoms. The molecule has 5 nitrogen and oxygen atoms in total. The first-order valence-electron chi connectivity index (χ1n) is 7.19. The Morgan fingerprint density at radius 1 is 1.00 bits per heavy atom. The topological polar surface area (TPSA) is 69.6 Å². The number of amides is 2. The molecule has 0 aromatic heterocycles. The van der Waals surface area contributed by atoms with Crippen LogP contribution in [0.3, 0.4) is 0 Å². The molecule has 2 aromatic carbocycles. The number of hydrazine groups is 1. The van der Waals surface area contributed by atoms with E-state index in [-0.39, 0.29) is 11.3 Å². The third-order valence-electron chi connectivity index (χ3n) is 3.67. The van der Waals surface area contributed by atoms with Gasteiger partial charge in [0.15, 0.2) is 0 Å². The van der Waals surface area contributed by atoms with Gasteiger partial charge in [-0.1, -0.05) is 29.3 Å². The third-order valence-corrected chi connectivity index (χ3v) is 3.67. The van der Waals surface area contributed by atoms with E-state index in [2.05, 4.69) is 5.43 Å². The number of hydrogen-bond donors (Lipinski definition) is 2. The van der Waals surface area contributed by atoms with Gasteiger partial charge in [0, 0.05) is 5.56 Å². The summed E-state index contributed by atoms with van der Waals surface area (Å²) in [6, 6.07) is 12.3. The van der Waals surface area contributed by atoms with Crippen LogP contribution in [0, 0.1) is 13.8 Å². The predicted molar refractivity (Wildman–Crippen MR) is 87.6 cm³/mol. The van der Waals surface area contributed by atoms with Crippen LogP contribution in [0.5, 0.6) is 5.75 Å². The summed E-state index contributed by atoms with van der Waals surface area (Å²) in [4.78, 5) is 24.6. The van der Waals surface area contributed by atoms with Crippen molar-refractivity contribution in [3.8, 4) is 5.75 Å². The van der Waals surface area contributed by atoms with Crippen LogP contribution in [0.15, 0.2) is 48.0 Å². The maximum atomic E-state index is 12.5. The van der Waals surface area contributed by atoms with Gasteiger partial charge in [-0.15, -0.1) is 0 Å². The zero-order valence-electron chi connectivity index (χ0n) is 12.8. The lowest BCUT2D eigenvalue weighted by Crippen LogP contribution is -2.35. The zero-order valence-corrected chi connectivity index (χ0v) is 12.8. The molecule has 116 valence electrons. The molecule has 0 aliphatic carbocycles. The number of nitrogens with zero attached hydrogens (tertiary/aromatic N) is 1. The van der Waals surface area contributed by atoms with Crippen LogP contribution in [-0.4, -0.2) is 16.9 Å². The van der Waals surface area contributed by atoms with E-state index >= 15 is 0 Å². The van der Waals surface area contributed by atoms with Crippen molar-refractivity contribution in [3.63, 3.8) is 0 Å². The second-order valence-electron chi connectivity index (χ2n) is 5.54. The summed E-state index contributed by atoms with van der Waals surface area (Å²) >= 11 is 0. The second kappa shape index (κ2) is 5.61. The number of nitrogens with one attached hydrogen (secondary N) is 1. The number of hydrogen-bond acceptors (Lipinski definition) is 3. The summed E-state index contributed by atoms with van der Waals surface area (Å²) in [5.41, 5.74) is 5.55. The summed E-state index contributed by atoms with van der Waals surface area (Å²) in [5.74, 6) is -0.909. The fourth-order valence-corrected chi connectivity index (χ4v) is 2.38. The molecule has 0 bridgehead atoms. The van der Waals surface area contributed by atoms with Crippen molar-refractivity contribution in [2.45, 2.75) is 13.8 Å². The number of carbonyl (C=O) groups is 2. The highest BCUT2D eigenvalue weighted by Gasteiger charge is 2.34. The van der Waals surface area contributed by atoms with Gasteiger partial charge in [-0.2, -0.15) is 0 Å². The molecule has 1 fully saturated rings. The second-order valence-corrected chi connectivity index (χ2v) is 5.54. The first-order valence-corrected chi connectivity index (χ1v) is 7.19. The molecule has 0 radical (unpaired) electrons. The molecule has 1 saturated heterocycles. The molecule has 3 rings (SSSR count). The average Bonchev–Trinajstić information content (AvgIpc) is 2.80. The maximum absolute atomic E-state index is 12.5. The minimum Gasteiger partial charge on any atom is -0.507 e. The van der Waals surface area contributed by atoms with Crippen molar-refractivity contribution in [3.05, 3.63) is 64.7 Å². The Morgan fingerprint density at radius 3 is 2.35 bits per heavy atom. The van der Waals surface area contributed by atoms with Crippen LogP contribution in [-0.2, 0) is 9.59 Å².